The van der Waals surface area contributed by atoms with E-state index in [9.17, 15) is 4.79 Å². The molecule has 0 saturated carbocycles. The van der Waals surface area contributed by atoms with Gasteiger partial charge in [0.2, 0.25) is 0 Å². The van der Waals surface area contributed by atoms with E-state index in [0.717, 1.165) is 28.3 Å². The topological polar surface area (TPSA) is 43.1 Å². The van der Waals surface area contributed by atoms with Gasteiger partial charge in [-0.1, -0.05) is 36.4 Å². The van der Waals surface area contributed by atoms with Gasteiger partial charge in [-0.25, -0.2) is 4.68 Å². The average molecular weight is 368 g/mol. The van der Waals surface area contributed by atoms with Gasteiger partial charge in [0.25, 0.3) is 5.91 Å². The normalized spacial score (nSPS) is 13.0. The summed E-state index contributed by atoms with van der Waals surface area (Å²) in [6, 6.07) is 21.7. The van der Waals surface area contributed by atoms with Crippen LogP contribution in [-0.2, 0) is 13.1 Å². The van der Waals surface area contributed by atoms with Crippen LogP contribution in [0.25, 0.3) is 11.5 Å². The van der Waals surface area contributed by atoms with Crippen LogP contribution in [0.3, 0.4) is 0 Å². The smallest absolute Gasteiger partial charge is 0.254 e. The summed E-state index contributed by atoms with van der Waals surface area (Å²) in [5, 5.41) is 4.91. The first-order chi connectivity index (χ1) is 13.7. The number of hydrogen-bond donors (Lipinski definition) is 0. The first-order valence-corrected chi connectivity index (χ1v) is 9.37. The van der Waals surface area contributed by atoms with Crippen molar-refractivity contribution in [1.29, 1.82) is 0 Å². The fourth-order valence-corrected chi connectivity index (χ4v) is 3.82. The highest BCUT2D eigenvalue weighted by atomic mass is 16.2. The van der Waals surface area contributed by atoms with Gasteiger partial charge in [0.1, 0.15) is 5.82 Å². The molecule has 2 aromatic heterocycles. The molecule has 3 heterocycles. The van der Waals surface area contributed by atoms with Gasteiger partial charge in [0.15, 0.2) is 0 Å². The van der Waals surface area contributed by atoms with E-state index in [0.29, 0.717) is 18.7 Å². The third-order valence-electron chi connectivity index (χ3n) is 5.23. The zero-order chi connectivity index (χ0) is 19.1. The molecule has 1 amide bonds. The molecule has 0 radical (unpaired) electrons. The van der Waals surface area contributed by atoms with Crippen LogP contribution >= 0.6 is 0 Å². The van der Waals surface area contributed by atoms with Crippen molar-refractivity contribution in [1.82, 2.24) is 19.2 Å². The summed E-state index contributed by atoms with van der Waals surface area (Å²) in [6.07, 6.45) is 4.04. The molecule has 0 spiro atoms. The quantitative estimate of drug-likeness (QED) is 0.546. The Morgan fingerprint density at radius 1 is 0.893 bits per heavy atom. The number of carbonyl (C=O) groups excluding carboxylic acids is 1. The van der Waals surface area contributed by atoms with Crippen LogP contribution in [0.4, 0.5) is 0 Å². The summed E-state index contributed by atoms with van der Waals surface area (Å²) < 4.78 is 4.08. The lowest BCUT2D eigenvalue weighted by Crippen LogP contribution is -2.26. The van der Waals surface area contributed by atoms with Crippen molar-refractivity contribution in [2.24, 2.45) is 0 Å². The van der Waals surface area contributed by atoms with Crippen LogP contribution in [-0.4, -0.2) is 25.2 Å². The Morgan fingerprint density at radius 2 is 1.61 bits per heavy atom. The van der Waals surface area contributed by atoms with Gasteiger partial charge in [-0.05, 0) is 42.8 Å². The van der Waals surface area contributed by atoms with Crippen molar-refractivity contribution < 1.29 is 4.79 Å². The molecule has 0 unspecified atom stereocenters. The van der Waals surface area contributed by atoms with E-state index >= 15 is 0 Å². The first-order valence-electron chi connectivity index (χ1n) is 9.37. The predicted molar refractivity (Wildman–Crippen MR) is 108 cm³/mol. The Kier molecular flexibility index (Phi) is 3.86. The number of amides is 1. The van der Waals surface area contributed by atoms with Gasteiger partial charge in [0, 0.05) is 23.5 Å². The second kappa shape index (κ2) is 6.53. The minimum absolute atomic E-state index is 0.0412. The molecular weight excluding hydrogens is 348 g/mol. The largest absolute Gasteiger partial charge is 0.328 e. The number of fused-ring (bicyclic) bond motifs is 1. The van der Waals surface area contributed by atoms with Crippen molar-refractivity contribution in [3.8, 4) is 11.5 Å². The van der Waals surface area contributed by atoms with Crippen LogP contribution in [0.5, 0.6) is 0 Å². The van der Waals surface area contributed by atoms with Gasteiger partial charge in [-0.15, -0.1) is 0 Å². The zero-order valence-electron chi connectivity index (χ0n) is 15.6. The highest BCUT2D eigenvalue weighted by Gasteiger charge is 2.31. The molecule has 0 atom stereocenters. The molecule has 0 bridgehead atoms. The molecule has 1 aliphatic heterocycles. The summed E-state index contributed by atoms with van der Waals surface area (Å²) in [5.41, 5.74) is 4.98. The Balaban J connectivity index is 1.58. The number of rotatable bonds is 3. The Morgan fingerprint density at radius 3 is 2.36 bits per heavy atom. The number of hydrogen-bond acceptors (Lipinski definition) is 2. The average Bonchev–Trinajstić information content (AvgIpc) is 3.44. The molecule has 0 fully saturated rings. The molecule has 1 aliphatic rings. The van der Waals surface area contributed by atoms with Gasteiger partial charge >= 0.3 is 0 Å². The summed E-state index contributed by atoms with van der Waals surface area (Å²) in [6.45, 7) is 3.17. The third kappa shape index (κ3) is 2.63. The molecule has 0 N–H and O–H groups in total. The third-order valence-corrected chi connectivity index (χ3v) is 5.23. The standard InChI is InChI=1S/C23H20N4O/c1-17-9-5-6-12-21(17)27-22(25-13-7-8-14-25)19-15-26(16-20(19)24-27)23(28)18-10-3-2-4-11-18/h2-14H,15-16H2,1H3. The number of aryl methyl sites for hydroxylation is 1. The fourth-order valence-electron chi connectivity index (χ4n) is 3.82. The van der Waals surface area contributed by atoms with Crippen LogP contribution in [0, 0.1) is 6.92 Å². The maximum absolute atomic E-state index is 12.9. The van der Waals surface area contributed by atoms with E-state index in [1.165, 1.54) is 0 Å². The van der Waals surface area contributed by atoms with Crippen LogP contribution in [0.2, 0.25) is 0 Å². The van der Waals surface area contributed by atoms with Crippen molar-refractivity contribution >= 4 is 5.91 Å². The molecule has 5 heteroatoms. The van der Waals surface area contributed by atoms with E-state index in [1.54, 1.807) is 0 Å². The molecular formula is C23H20N4O. The molecule has 5 nitrogen and oxygen atoms in total. The summed E-state index contributed by atoms with van der Waals surface area (Å²) in [7, 11) is 0. The van der Waals surface area contributed by atoms with Gasteiger partial charge in [-0.2, -0.15) is 5.10 Å². The van der Waals surface area contributed by atoms with Gasteiger partial charge in [0.05, 0.1) is 24.5 Å². The van der Waals surface area contributed by atoms with E-state index in [1.807, 2.05) is 76.6 Å². The Bertz CT molecular complexity index is 1140. The second-order valence-corrected chi connectivity index (χ2v) is 7.06. The highest BCUT2D eigenvalue weighted by Crippen LogP contribution is 2.32. The molecule has 2 aromatic carbocycles. The molecule has 4 aromatic rings. The van der Waals surface area contributed by atoms with E-state index in [2.05, 4.69) is 23.6 Å². The molecule has 5 rings (SSSR count). The second-order valence-electron chi connectivity index (χ2n) is 7.06. The fraction of sp³-hybridized carbons (Fsp3) is 0.130. The molecule has 138 valence electrons. The molecule has 0 saturated heterocycles. The minimum atomic E-state index is 0.0412. The summed E-state index contributed by atoms with van der Waals surface area (Å²) >= 11 is 0. The first kappa shape index (κ1) is 16.6. The molecule has 0 aliphatic carbocycles. The van der Waals surface area contributed by atoms with E-state index < -0.39 is 0 Å². The maximum atomic E-state index is 12.9. The monoisotopic (exact) mass is 368 g/mol. The van der Waals surface area contributed by atoms with Crippen LogP contribution in [0.15, 0.2) is 79.1 Å². The zero-order valence-corrected chi connectivity index (χ0v) is 15.6. The van der Waals surface area contributed by atoms with E-state index in [-0.39, 0.29) is 5.91 Å². The van der Waals surface area contributed by atoms with E-state index in [4.69, 9.17) is 5.10 Å². The van der Waals surface area contributed by atoms with Crippen molar-refractivity contribution in [2.75, 3.05) is 0 Å². The number of nitrogens with zero attached hydrogens (tertiary/aromatic N) is 4. The van der Waals surface area contributed by atoms with Crippen LogP contribution in [0.1, 0.15) is 27.2 Å². The lowest BCUT2D eigenvalue weighted by molar-refractivity contribution is 0.0749. The lowest BCUT2D eigenvalue weighted by atomic mass is 10.2. The van der Waals surface area contributed by atoms with Crippen molar-refractivity contribution in [3.63, 3.8) is 0 Å². The predicted octanol–water partition coefficient (Wildman–Crippen LogP) is 4.13. The minimum Gasteiger partial charge on any atom is -0.328 e. The number of para-hydroxylation sites is 1. The Hall–Kier alpha value is -3.60. The molecule has 28 heavy (non-hydrogen) atoms. The Labute approximate surface area is 163 Å². The van der Waals surface area contributed by atoms with Crippen molar-refractivity contribution in [3.05, 3.63) is 102 Å². The number of carbonyl (C=O) groups is 1. The number of aromatic nitrogens is 3. The van der Waals surface area contributed by atoms with Gasteiger partial charge < -0.3 is 9.47 Å². The van der Waals surface area contributed by atoms with Crippen LogP contribution < -0.4 is 0 Å². The number of benzene rings is 2. The van der Waals surface area contributed by atoms with Crippen molar-refractivity contribution in [2.45, 2.75) is 20.0 Å². The maximum Gasteiger partial charge on any atom is 0.254 e. The summed E-state index contributed by atoms with van der Waals surface area (Å²) in [4.78, 5) is 14.8. The SMILES string of the molecule is Cc1ccccc1-n1nc2c(c1-n1cccc1)CN(C(=O)c1ccccc1)C2. The van der Waals surface area contributed by atoms with Gasteiger partial charge in [-0.3, -0.25) is 4.79 Å². The highest BCUT2D eigenvalue weighted by molar-refractivity contribution is 5.94. The lowest BCUT2D eigenvalue weighted by Gasteiger charge is -2.18. The summed E-state index contributed by atoms with van der Waals surface area (Å²) in [5.74, 6) is 1.04.